The first-order valence-electron chi connectivity index (χ1n) is 9.74. The van der Waals surface area contributed by atoms with Gasteiger partial charge in [0.25, 0.3) is 11.5 Å². The van der Waals surface area contributed by atoms with E-state index in [-0.39, 0.29) is 17.6 Å². The molecule has 0 unspecified atom stereocenters. The van der Waals surface area contributed by atoms with Gasteiger partial charge in [0.15, 0.2) is 12.4 Å². The van der Waals surface area contributed by atoms with Crippen LogP contribution in [0.2, 0.25) is 0 Å². The van der Waals surface area contributed by atoms with Crippen LogP contribution in [0.1, 0.15) is 31.9 Å². The van der Waals surface area contributed by atoms with E-state index in [0.29, 0.717) is 21.1 Å². The first-order valence-corrected chi connectivity index (χ1v) is 10.6. The summed E-state index contributed by atoms with van der Waals surface area (Å²) in [5, 5.41) is 4.41. The van der Waals surface area contributed by atoms with E-state index in [4.69, 9.17) is 10.5 Å². The molecule has 2 N–H and O–H groups in total. The molecule has 4 aromatic rings. The molecule has 2 heterocycles. The number of fused-ring (bicyclic) bond motifs is 1. The predicted octanol–water partition coefficient (Wildman–Crippen LogP) is 2.53. The van der Waals surface area contributed by atoms with E-state index in [1.807, 2.05) is 12.1 Å². The van der Waals surface area contributed by atoms with Gasteiger partial charge in [-0.25, -0.2) is 0 Å². The fourth-order valence-corrected chi connectivity index (χ4v) is 3.95. The Balaban J connectivity index is 1.60. The third-order valence-corrected chi connectivity index (χ3v) is 5.71. The number of benzene rings is 2. The lowest BCUT2D eigenvalue weighted by atomic mass is 9.87. The zero-order valence-electron chi connectivity index (χ0n) is 17.5. The summed E-state index contributed by atoms with van der Waals surface area (Å²) in [7, 11) is 0. The van der Waals surface area contributed by atoms with E-state index in [1.54, 1.807) is 30.3 Å². The zero-order chi connectivity index (χ0) is 22.2. The van der Waals surface area contributed by atoms with Crippen molar-refractivity contribution in [3.8, 4) is 17.1 Å². The normalized spacial score (nSPS) is 12.4. The lowest BCUT2D eigenvalue weighted by Gasteiger charge is -2.18. The Morgan fingerprint density at radius 3 is 2.39 bits per heavy atom. The third-order valence-electron chi connectivity index (χ3n) is 4.75. The highest BCUT2D eigenvalue weighted by atomic mass is 32.1. The molecule has 8 heteroatoms. The van der Waals surface area contributed by atoms with Crippen LogP contribution < -0.4 is 20.6 Å². The van der Waals surface area contributed by atoms with Gasteiger partial charge in [-0.1, -0.05) is 68.5 Å². The minimum absolute atomic E-state index is 0.0690. The fourth-order valence-electron chi connectivity index (χ4n) is 3.04. The van der Waals surface area contributed by atoms with Gasteiger partial charge in [0, 0.05) is 5.56 Å². The van der Waals surface area contributed by atoms with E-state index in [1.165, 1.54) is 21.4 Å². The summed E-state index contributed by atoms with van der Waals surface area (Å²) in [6.45, 7) is 6.31. The number of carbonyl (C=O) groups excluding carboxylic acids is 1. The Morgan fingerprint density at radius 1 is 1.13 bits per heavy atom. The van der Waals surface area contributed by atoms with E-state index in [2.05, 4.69) is 43.0 Å². The first-order chi connectivity index (χ1) is 14.7. The molecule has 0 aliphatic heterocycles. The molecule has 0 aliphatic rings. The lowest BCUT2D eigenvalue weighted by molar-refractivity contribution is -0.119. The van der Waals surface area contributed by atoms with Crippen LogP contribution in [0, 0.1) is 0 Å². The van der Waals surface area contributed by atoms with Crippen molar-refractivity contribution in [2.75, 3.05) is 6.61 Å². The van der Waals surface area contributed by atoms with Crippen LogP contribution in [0.5, 0.6) is 5.75 Å². The molecule has 158 valence electrons. The van der Waals surface area contributed by atoms with Crippen molar-refractivity contribution in [1.82, 2.24) is 14.6 Å². The summed E-state index contributed by atoms with van der Waals surface area (Å²) in [6.07, 6.45) is 1.78. The summed E-state index contributed by atoms with van der Waals surface area (Å²) < 4.78 is 7.12. The van der Waals surface area contributed by atoms with Crippen molar-refractivity contribution >= 4 is 28.3 Å². The highest BCUT2D eigenvalue weighted by molar-refractivity contribution is 7.15. The highest BCUT2D eigenvalue weighted by Crippen LogP contribution is 2.25. The zero-order valence-corrected chi connectivity index (χ0v) is 18.3. The fraction of sp³-hybridized carbons (Fsp3) is 0.217. The summed E-state index contributed by atoms with van der Waals surface area (Å²) in [5.41, 5.74) is 7.86. The molecule has 0 radical (unpaired) electrons. The third kappa shape index (κ3) is 4.49. The molecule has 4 rings (SSSR count). The number of nitrogens with zero attached hydrogens (tertiary/aromatic N) is 3. The van der Waals surface area contributed by atoms with Crippen LogP contribution >= 0.6 is 11.3 Å². The molecule has 1 amide bonds. The molecule has 0 saturated carbocycles. The molecule has 2 aromatic carbocycles. The SMILES string of the molecule is CC(C)(C)c1ccc(-c2nc3sc(=Cc4ccc(OCC(N)=O)cc4)c(=O)n3n2)cc1. The summed E-state index contributed by atoms with van der Waals surface area (Å²) in [4.78, 5) is 28.6. The number of amides is 1. The quantitative estimate of drug-likeness (QED) is 0.520. The lowest BCUT2D eigenvalue weighted by Crippen LogP contribution is -2.23. The monoisotopic (exact) mass is 434 g/mol. The molecule has 0 fully saturated rings. The van der Waals surface area contributed by atoms with Gasteiger partial charge < -0.3 is 10.5 Å². The smallest absolute Gasteiger partial charge is 0.291 e. The number of carbonyl (C=O) groups is 1. The minimum Gasteiger partial charge on any atom is -0.484 e. The molecule has 7 nitrogen and oxygen atoms in total. The van der Waals surface area contributed by atoms with E-state index >= 15 is 0 Å². The van der Waals surface area contributed by atoms with Gasteiger partial charge in [0.2, 0.25) is 4.96 Å². The van der Waals surface area contributed by atoms with E-state index in [0.717, 1.165) is 11.1 Å². The Labute approximate surface area is 182 Å². The van der Waals surface area contributed by atoms with Crippen molar-refractivity contribution in [2.45, 2.75) is 26.2 Å². The van der Waals surface area contributed by atoms with Crippen LogP contribution in [0.25, 0.3) is 22.4 Å². The van der Waals surface area contributed by atoms with Gasteiger partial charge >= 0.3 is 0 Å². The maximum absolute atomic E-state index is 12.8. The van der Waals surface area contributed by atoms with Crippen molar-refractivity contribution in [3.63, 3.8) is 0 Å². The molecule has 2 aromatic heterocycles. The molecule has 0 atom stereocenters. The Kier molecular flexibility index (Phi) is 5.32. The van der Waals surface area contributed by atoms with Crippen molar-refractivity contribution in [3.05, 3.63) is 74.5 Å². The van der Waals surface area contributed by atoms with E-state index in [9.17, 15) is 9.59 Å². The standard InChI is InChI=1S/C23H22N4O3S/c1-23(2,3)16-8-6-15(7-9-16)20-25-22-27(26-20)21(29)18(31-22)12-14-4-10-17(11-5-14)30-13-19(24)28/h4-12H,13H2,1-3H3,(H2,24,28). The van der Waals surface area contributed by atoms with Gasteiger partial charge in [-0.15, -0.1) is 5.10 Å². The van der Waals surface area contributed by atoms with Crippen LogP contribution in [0.15, 0.2) is 53.3 Å². The van der Waals surface area contributed by atoms with Crippen LogP contribution in [-0.4, -0.2) is 27.1 Å². The number of ether oxygens (including phenoxy) is 1. The number of hydrogen-bond donors (Lipinski definition) is 1. The second-order valence-corrected chi connectivity index (χ2v) is 9.21. The highest BCUT2D eigenvalue weighted by Gasteiger charge is 2.15. The number of aromatic nitrogens is 3. The van der Waals surface area contributed by atoms with Crippen LogP contribution in [0.4, 0.5) is 0 Å². The number of primary amides is 1. The van der Waals surface area contributed by atoms with E-state index < -0.39 is 5.91 Å². The van der Waals surface area contributed by atoms with Crippen molar-refractivity contribution in [1.29, 1.82) is 0 Å². The first kappa shape index (κ1) is 20.7. The minimum atomic E-state index is -0.536. The predicted molar refractivity (Wildman–Crippen MR) is 121 cm³/mol. The number of nitrogens with two attached hydrogens (primary N) is 1. The maximum Gasteiger partial charge on any atom is 0.291 e. The molecular formula is C23H22N4O3S. The largest absolute Gasteiger partial charge is 0.484 e. The molecule has 31 heavy (non-hydrogen) atoms. The molecule has 0 bridgehead atoms. The van der Waals surface area contributed by atoms with Crippen molar-refractivity contribution in [2.24, 2.45) is 5.73 Å². The maximum atomic E-state index is 12.8. The average molecular weight is 435 g/mol. The van der Waals surface area contributed by atoms with Gasteiger partial charge in [-0.05, 0) is 34.8 Å². The topological polar surface area (TPSA) is 99.6 Å². The van der Waals surface area contributed by atoms with Gasteiger partial charge in [-0.2, -0.15) is 9.50 Å². The summed E-state index contributed by atoms with van der Waals surface area (Å²) >= 11 is 1.29. The Bertz CT molecular complexity index is 1350. The molecular weight excluding hydrogens is 412 g/mol. The molecule has 0 spiro atoms. The molecule has 0 saturated heterocycles. The second-order valence-electron chi connectivity index (χ2n) is 8.20. The average Bonchev–Trinajstić information content (AvgIpc) is 3.26. The van der Waals surface area contributed by atoms with Crippen molar-refractivity contribution < 1.29 is 9.53 Å². The van der Waals surface area contributed by atoms with Gasteiger partial charge in [-0.3, -0.25) is 9.59 Å². The molecule has 0 aliphatic carbocycles. The van der Waals surface area contributed by atoms with Crippen LogP contribution in [-0.2, 0) is 10.2 Å². The second kappa shape index (κ2) is 7.96. The Hall–Kier alpha value is -3.52. The van der Waals surface area contributed by atoms with Gasteiger partial charge in [0.05, 0.1) is 4.53 Å². The number of hydrogen-bond acceptors (Lipinski definition) is 6. The van der Waals surface area contributed by atoms with Gasteiger partial charge in [0.1, 0.15) is 5.75 Å². The number of thiazole rings is 1. The number of rotatable bonds is 5. The summed E-state index contributed by atoms with van der Waals surface area (Å²) in [6, 6.07) is 15.1. The van der Waals surface area contributed by atoms with Crippen LogP contribution in [0.3, 0.4) is 0 Å². The Morgan fingerprint density at radius 2 is 1.81 bits per heavy atom. The summed E-state index contributed by atoms with van der Waals surface area (Å²) in [5.74, 6) is 0.528.